The van der Waals surface area contributed by atoms with Crippen LogP contribution in [0.15, 0.2) is 82.5 Å². The number of nitrogens with one attached hydrogen (secondary N) is 1. The van der Waals surface area contributed by atoms with Gasteiger partial charge in [-0.2, -0.15) is 0 Å². The van der Waals surface area contributed by atoms with Crippen LogP contribution in [0.2, 0.25) is 0 Å². The molecule has 4 rings (SSSR count). The first-order valence-corrected chi connectivity index (χ1v) is 11.3. The predicted octanol–water partition coefficient (Wildman–Crippen LogP) is 2.47. The van der Waals surface area contributed by atoms with Crippen molar-refractivity contribution in [3.8, 4) is 11.5 Å². The highest BCUT2D eigenvalue weighted by atomic mass is 31.2. The van der Waals surface area contributed by atoms with Gasteiger partial charge in [-0.3, -0.25) is 18.9 Å². The molecule has 0 bridgehead atoms. The molecule has 2 heterocycles. The Kier molecular flexibility index (Phi) is 6.57. The number of H-pyrrole nitrogens is 1. The van der Waals surface area contributed by atoms with Crippen molar-refractivity contribution in [1.82, 2.24) is 9.55 Å². The molecule has 11 heteroatoms. The van der Waals surface area contributed by atoms with Crippen LogP contribution in [0.4, 0.5) is 0 Å². The minimum absolute atomic E-state index is 0.0728. The molecule has 1 fully saturated rings. The lowest BCUT2D eigenvalue weighted by atomic mass is 10.2. The molecule has 0 saturated carbocycles. The van der Waals surface area contributed by atoms with Gasteiger partial charge in [0.25, 0.3) is 5.56 Å². The molecule has 1 aromatic heterocycles. The second-order valence-corrected chi connectivity index (χ2v) is 8.52. The van der Waals surface area contributed by atoms with Crippen molar-refractivity contribution in [1.29, 1.82) is 0 Å². The Hall–Kier alpha value is -3.17. The Bertz CT molecular complexity index is 1150. The van der Waals surface area contributed by atoms with Gasteiger partial charge in [0.15, 0.2) is 0 Å². The highest BCUT2D eigenvalue weighted by Gasteiger charge is 2.39. The van der Waals surface area contributed by atoms with E-state index in [1.54, 1.807) is 60.7 Å². The number of hydrogen-bond acceptors (Lipinski definition) is 8. The van der Waals surface area contributed by atoms with Crippen molar-refractivity contribution < 1.29 is 28.0 Å². The van der Waals surface area contributed by atoms with Gasteiger partial charge < -0.3 is 18.9 Å². The van der Waals surface area contributed by atoms with E-state index in [1.807, 2.05) is 0 Å². The summed E-state index contributed by atoms with van der Waals surface area (Å²) < 4.78 is 36.8. The van der Waals surface area contributed by atoms with E-state index in [0.29, 0.717) is 0 Å². The first-order valence-electron chi connectivity index (χ1n) is 9.81. The van der Waals surface area contributed by atoms with Crippen LogP contribution in [0.25, 0.3) is 0 Å². The molecular weight excluding hydrogens is 439 g/mol. The van der Waals surface area contributed by atoms with Crippen molar-refractivity contribution >= 4 is 7.82 Å². The summed E-state index contributed by atoms with van der Waals surface area (Å²) in [5.74, 6) is 0.551. The Morgan fingerprint density at radius 1 is 1.00 bits per heavy atom. The Balaban J connectivity index is 1.48. The lowest BCUT2D eigenvalue weighted by Gasteiger charge is -2.21. The average molecular weight is 460 g/mol. The number of aromatic amines is 1. The van der Waals surface area contributed by atoms with Crippen LogP contribution in [-0.4, -0.2) is 33.5 Å². The number of nitrogens with zero attached hydrogens (tertiary/aromatic N) is 1. The van der Waals surface area contributed by atoms with Gasteiger partial charge in [0.05, 0.1) is 12.7 Å². The van der Waals surface area contributed by atoms with Crippen molar-refractivity contribution in [2.24, 2.45) is 0 Å². The molecule has 10 nitrogen and oxygen atoms in total. The van der Waals surface area contributed by atoms with Crippen LogP contribution in [0.5, 0.6) is 11.5 Å². The molecule has 0 spiro atoms. The van der Waals surface area contributed by atoms with Crippen molar-refractivity contribution in [2.75, 3.05) is 6.61 Å². The predicted molar refractivity (Wildman–Crippen MR) is 114 cm³/mol. The van der Waals surface area contributed by atoms with E-state index >= 15 is 0 Å². The molecule has 2 N–H and O–H groups in total. The third-order valence-electron chi connectivity index (χ3n) is 4.68. The number of aliphatic hydroxyl groups excluding tert-OH is 1. The number of hydrogen-bond donors (Lipinski definition) is 2. The maximum atomic E-state index is 13.4. The topological polar surface area (TPSA) is 129 Å². The Labute approximate surface area is 182 Å². The zero-order valence-corrected chi connectivity index (χ0v) is 17.7. The van der Waals surface area contributed by atoms with Crippen LogP contribution in [0.3, 0.4) is 0 Å². The second kappa shape index (κ2) is 9.54. The van der Waals surface area contributed by atoms with Gasteiger partial charge in [-0.05, 0) is 24.3 Å². The minimum Gasteiger partial charge on any atom is -0.395 e. The summed E-state index contributed by atoms with van der Waals surface area (Å²) in [6.45, 7) is -0.327. The molecule has 1 aliphatic heterocycles. The third-order valence-corrected chi connectivity index (χ3v) is 6.02. The van der Waals surface area contributed by atoms with E-state index in [4.69, 9.17) is 18.3 Å². The van der Waals surface area contributed by atoms with Crippen molar-refractivity contribution in [2.45, 2.75) is 24.9 Å². The molecule has 168 valence electrons. The maximum Gasteiger partial charge on any atom is 0.587 e. The van der Waals surface area contributed by atoms with E-state index in [-0.39, 0.29) is 24.5 Å². The van der Waals surface area contributed by atoms with Crippen molar-refractivity contribution in [3.63, 3.8) is 0 Å². The first kappa shape index (κ1) is 22.0. The van der Waals surface area contributed by atoms with E-state index in [0.717, 1.165) is 4.57 Å². The molecular formula is C21H21N2O8P. The summed E-state index contributed by atoms with van der Waals surface area (Å²) in [7, 11) is -4.16. The lowest BCUT2D eigenvalue weighted by Crippen LogP contribution is -2.31. The van der Waals surface area contributed by atoms with Crippen LogP contribution in [-0.2, 0) is 13.8 Å². The van der Waals surface area contributed by atoms with Gasteiger partial charge in [-0.25, -0.2) is 9.36 Å². The highest BCUT2D eigenvalue weighted by Crippen LogP contribution is 2.50. The van der Waals surface area contributed by atoms with E-state index in [1.165, 1.54) is 12.3 Å². The van der Waals surface area contributed by atoms with Crippen molar-refractivity contribution in [3.05, 3.63) is 93.8 Å². The van der Waals surface area contributed by atoms with E-state index < -0.39 is 37.5 Å². The molecule has 0 amide bonds. The third kappa shape index (κ3) is 5.35. The summed E-state index contributed by atoms with van der Waals surface area (Å²) in [5.41, 5.74) is -1.21. The zero-order chi connectivity index (χ0) is 22.6. The lowest BCUT2D eigenvalue weighted by molar-refractivity contribution is -0.0443. The first-order chi connectivity index (χ1) is 15.4. The summed E-state index contributed by atoms with van der Waals surface area (Å²) in [6, 6.07) is 18.0. The fourth-order valence-corrected chi connectivity index (χ4v) is 4.38. The summed E-state index contributed by atoms with van der Waals surface area (Å²) in [4.78, 5) is 25.4. The van der Waals surface area contributed by atoms with Gasteiger partial charge in [-0.15, -0.1) is 0 Å². The van der Waals surface area contributed by atoms with Crippen LogP contribution in [0.1, 0.15) is 12.6 Å². The molecule has 3 aromatic rings. The molecule has 0 aliphatic carbocycles. The molecule has 3 atom stereocenters. The number of aliphatic hydroxyl groups is 1. The average Bonchev–Trinajstić information content (AvgIpc) is 3.14. The fraction of sp³-hybridized carbons (Fsp3) is 0.238. The molecule has 2 aromatic carbocycles. The standard InChI is InChI=1S/C21H21N2O8P/c24-17-13-20(23-12-11-19(25)22-21(23)26)29-18(17)14-28-32(27,30-15-7-3-1-4-8-15)31-16-9-5-2-6-10-16/h1-12,17-18,20,24H,13-14H2,(H,22,25,26)/t17-,18+,20+/m0/s1. The number of phosphoric acid groups is 1. The monoisotopic (exact) mass is 460 g/mol. The normalized spacial score (nSPS) is 20.7. The number of ether oxygens (including phenoxy) is 1. The Morgan fingerprint density at radius 2 is 1.59 bits per heavy atom. The zero-order valence-electron chi connectivity index (χ0n) is 16.8. The highest BCUT2D eigenvalue weighted by molar-refractivity contribution is 7.49. The smallest absolute Gasteiger partial charge is 0.395 e. The quantitative estimate of drug-likeness (QED) is 0.491. The molecule has 0 radical (unpaired) electrons. The molecule has 1 saturated heterocycles. The summed E-state index contributed by atoms with van der Waals surface area (Å²) in [5, 5.41) is 10.4. The van der Waals surface area contributed by atoms with Crippen LogP contribution >= 0.6 is 7.82 Å². The van der Waals surface area contributed by atoms with Gasteiger partial charge in [-0.1, -0.05) is 36.4 Å². The van der Waals surface area contributed by atoms with Gasteiger partial charge in [0.1, 0.15) is 23.8 Å². The van der Waals surface area contributed by atoms with Gasteiger partial charge >= 0.3 is 13.5 Å². The number of aromatic nitrogens is 2. The maximum absolute atomic E-state index is 13.4. The van der Waals surface area contributed by atoms with Gasteiger partial charge in [0, 0.05) is 18.7 Å². The van der Waals surface area contributed by atoms with E-state index in [2.05, 4.69) is 4.98 Å². The number of para-hydroxylation sites is 2. The largest absolute Gasteiger partial charge is 0.587 e. The minimum atomic E-state index is -4.16. The summed E-state index contributed by atoms with van der Waals surface area (Å²) in [6.07, 6.45) is -1.40. The van der Waals surface area contributed by atoms with E-state index in [9.17, 15) is 19.3 Å². The SMILES string of the molecule is O=c1ccn([C@H]2C[C@H](O)[C@@H](COP(=O)(Oc3ccccc3)Oc3ccccc3)O2)c(=O)[nH]1. The molecule has 0 unspecified atom stereocenters. The summed E-state index contributed by atoms with van der Waals surface area (Å²) >= 11 is 0. The fourth-order valence-electron chi connectivity index (χ4n) is 3.15. The number of rotatable bonds is 8. The second-order valence-electron chi connectivity index (χ2n) is 7.00. The van der Waals surface area contributed by atoms with Crippen LogP contribution in [0, 0.1) is 0 Å². The molecule has 1 aliphatic rings. The Morgan fingerprint density at radius 3 is 2.16 bits per heavy atom. The number of benzene rings is 2. The molecule has 32 heavy (non-hydrogen) atoms. The number of phosphoric ester groups is 1. The van der Waals surface area contributed by atoms with Crippen LogP contribution < -0.4 is 20.3 Å². The van der Waals surface area contributed by atoms with Gasteiger partial charge in [0.2, 0.25) is 0 Å².